The van der Waals surface area contributed by atoms with Crippen LogP contribution in [-0.2, 0) is 19.6 Å². The number of nitriles is 1. The molecule has 1 fully saturated rings. The van der Waals surface area contributed by atoms with Crippen LogP contribution in [0.5, 0.6) is 5.88 Å². The molecule has 0 N–H and O–H groups in total. The molecule has 42 heavy (non-hydrogen) atoms. The first kappa shape index (κ1) is 27.4. The van der Waals surface area contributed by atoms with Gasteiger partial charge in [-0.1, -0.05) is 30.3 Å². The van der Waals surface area contributed by atoms with Crippen molar-refractivity contribution in [3.8, 4) is 23.2 Å². The van der Waals surface area contributed by atoms with E-state index < -0.39 is 29.3 Å². The number of para-hydroxylation sites is 1. The van der Waals surface area contributed by atoms with Gasteiger partial charge in [-0.15, -0.1) is 0 Å². The lowest BCUT2D eigenvalue weighted by atomic mass is 10.0. The maximum atomic E-state index is 15.4. The second kappa shape index (κ2) is 10.9. The highest BCUT2D eigenvalue weighted by Crippen LogP contribution is 2.52. The van der Waals surface area contributed by atoms with Crippen LogP contribution in [0.4, 0.5) is 22.0 Å². The largest absolute Gasteiger partial charge is 0.473 e. The van der Waals surface area contributed by atoms with Gasteiger partial charge in [0.25, 0.3) is 0 Å². The molecule has 0 saturated heterocycles. The first-order chi connectivity index (χ1) is 20.3. The highest BCUT2D eigenvalue weighted by molar-refractivity contribution is 5.77. The van der Waals surface area contributed by atoms with Crippen molar-refractivity contribution in [1.29, 1.82) is 5.26 Å². The summed E-state index contributed by atoms with van der Waals surface area (Å²) in [5.74, 6) is -1.20. The Morgan fingerprint density at radius 2 is 1.64 bits per heavy atom. The number of alkyl halides is 2. The number of ether oxygens (including phenoxy) is 1. The molecule has 1 aliphatic rings. The summed E-state index contributed by atoms with van der Waals surface area (Å²) < 4.78 is 78.9. The van der Waals surface area contributed by atoms with Crippen molar-refractivity contribution in [2.75, 3.05) is 0 Å². The third-order valence-corrected chi connectivity index (χ3v) is 7.62. The Hall–Kier alpha value is -4.78. The van der Waals surface area contributed by atoms with Gasteiger partial charge >= 0.3 is 0 Å². The summed E-state index contributed by atoms with van der Waals surface area (Å²) >= 11 is 0. The second-order valence-electron chi connectivity index (χ2n) is 10.4. The van der Waals surface area contributed by atoms with Crippen molar-refractivity contribution < 1.29 is 26.7 Å². The van der Waals surface area contributed by atoms with Crippen molar-refractivity contribution >= 4 is 11.0 Å². The third-order valence-electron chi connectivity index (χ3n) is 7.62. The maximum Gasteiger partial charge on any atom is 0.245 e. The highest BCUT2D eigenvalue weighted by Gasteiger charge is 2.51. The van der Waals surface area contributed by atoms with Crippen molar-refractivity contribution in [1.82, 2.24) is 14.5 Å². The van der Waals surface area contributed by atoms with E-state index in [1.54, 1.807) is 41.0 Å². The Balaban J connectivity index is 1.23. The van der Waals surface area contributed by atoms with Crippen molar-refractivity contribution in [2.45, 2.75) is 38.8 Å². The number of hydrogen-bond acceptors (Lipinski definition) is 4. The fourth-order valence-electron chi connectivity index (χ4n) is 4.96. The molecule has 0 atom stereocenters. The third kappa shape index (κ3) is 5.30. The van der Waals surface area contributed by atoms with E-state index >= 15 is 4.39 Å². The SMILES string of the molecule is N#Cc1ccc(COc2cccc(-c3ccc(Cc4nc5c(F)cccc5n4CC4(C(F)F)CC4)c(F)c3)n2)c(F)c1. The van der Waals surface area contributed by atoms with Gasteiger partial charge in [-0.2, -0.15) is 5.26 Å². The minimum atomic E-state index is -2.53. The van der Waals surface area contributed by atoms with Crippen molar-refractivity contribution in [3.05, 3.63) is 113 Å². The molecule has 5 nitrogen and oxygen atoms in total. The molecular weight excluding hydrogens is 551 g/mol. The Labute approximate surface area is 237 Å². The number of benzene rings is 3. The molecule has 10 heteroatoms. The topological polar surface area (TPSA) is 63.7 Å². The van der Waals surface area contributed by atoms with E-state index in [4.69, 9.17) is 10.00 Å². The fourth-order valence-corrected chi connectivity index (χ4v) is 4.96. The van der Waals surface area contributed by atoms with E-state index in [9.17, 15) is 17.6 Å². The molecule has 2 aromatic heterocycles. The monoisotopic (exact) mass is 574 g/mol. The van der Waals surface area contributed by atoms with Crippen LogP contribution in [-0.4, -0.2) is 21.0 Å². The van der Waals surface area contributed by atoms with Crippen LogP contribution in [0.2, 0.25) is 0 Å². The van der Waals surface area contributed by atoms with Gasteiger partial charge in [0, 0.05) is 35.6 Å². The number of rotatable bonds is 9. The van der Waals surface area contributed by atoms with Crippen LogP contribution in [0.3, 0.4) is 0 Å². The van der Waals surface area contributed by atoms with Gasteiger partial charge in [-0.3, -0.25) is 0 Å². The molecule has 0 radical (unpaired) electrons. The number of imidazole rings is 1. The molecule has 212 valence electrons. The van der Waals surface area contributed by atoms with E-state index in [0.717, 1.165) is 6.07 Å². The first-order valence-corrected chi connectivity index (χ1v) is 13.3. The number of fused-ring (bicyclic) bond motifs is 1. The quantitative estimate of drug-likeness (QED) is 0.170. The van der Waals surface area contributed by atoms with E-state index in [-0.39, 0.29) is 47.7 Å². The van der Waals surface area contributed by atoms with E-state index in [0.29, 0.717) is 35.4 Å². The average molecular weight is 575 g/mol. The zero-order valence-corrected chi connectivity index (χ0v) is 22.1. The van der Waals surface area contributed by atoms with Gasteiger partial charge in [-0.05, 0) is 54.8 Å². The van der Waals surface area contributed by atoms with Gasteiger partial charge in [0.15, 0.2) is 5.82 Å². The van der Waals surface area contributed by atoms with Gasteiger partial charge in [0.1, 0.15) is 29.6 Å². The Morgan fingerprint density at radius 3 is 2.36 bits per heavy atom. The molecule has 2 heterocycles. The molecule has 1 saturated carbocycles. The van der Waals surface area contributed by atoms with Gasteiger partial charge < -0.3 is 9.30 Å². The normalized spacial score (nSPS) is 13.8. The van der Waals surface area contributed by atoms with Gasteiger partial charge in [-0.25, -0.2) is 31.9 Å². The Kier molecular flexibility index (Phi) is 7.11. The van der Waals surface area contributed by atoms with E-state index in [1.807, 2.05) is 6.07 Å². The molecule has 0 amide bonds. The molecule has 0 spiro atoms. The smallest absolute Gasteiger partial charge is 0.245 e. The molecule has 6 rings (SSSR count). The van der Waals surface area contributed by atoms with Gasteiger partial charge in [0.05, 0.1) is 22.8 Å². The molecule has 5 aromatic rings. The van der Waals surface area contributed by atoms with Crippen LogP contribution in [0.1, 0.15) is 35.4 Å². The van der Waals surface area contributed by atoms with Crippen molar-refractivity contribution in [2.24, 2.45) is 5.41 Å². The van der Waals surface area contributed by atoms with Crippen LogP contribution in [0, 0.1) is 34.2 Å². The van der Waals surface area contributed by atoms with E-state index in [2.05, 4.69) is 9.97 Å². The molecule has 0 bridgehead atoms. The standard InChI is InChI=1S/C32H23F5N4O/c33-23-3-1-5-27-30(23)40-28(41(27)18-32(11-12-32)31(36)37)15-20-9-10-21(14-25(20)35)26-4-2-6-29(39-26)42-17-22-8-7-19(16-38)13-24(22)34/h1-10,13-14,31H,11-12,15,17-18H2. The average Bonchev–Trinajstić information content (AvgIpc) is 3.70. The van der Waals surface area contributed by atoms with Crippen LogP contribution in [0.25, 0.3) is 22.3 Å². The summed E-state index contributed by atoms with van der Waals surface area (Å²) in [6.45, 7) is -0.140. The zero-order valence-electron chi connectivity index (χ0n) is 22.1. The fraction of sp³-hybridized carbons (Fsp3) is 0.219. The molecule has 1 aliphatic carbocycles. The summed E-state index contributed by atoms with van der Waals surface area (Å²) in [6, 6.07) is 19.8. The highest BCUT2D eigenvalue weighted by atomic mass is 19.3. The number of pyridine rings is 1. The Bertz CT molecular complexity index is 1840. The summed E-state index contributed by atoms with van der Waals surface area (Å²) in [6.07, 6.45) is -1.82. The van der Waals surface area contributed by atoms with Crippen LogP contribution in [0.15, 0.2) is 72.8 Å². The van der Waals surface area contributed by atoms with E-state index in [1.165, 1.54) is 30.3 Å². The minimum absolute atomic E-state index is 0.0215. The second-order valence-corrected chi connectivity index (χ2v) is 10.4. The Morgan fingerprint density at radius 1 is 0.881 bits per heavy atom. The predicted molar refractivity (Wildman–Crippen MR) is 145 cm³/mol. The predicted octanol–water partition coefficient (Wildman–Crippen LogP) is 7.60. The minimum Gasteiger partial charge on any atom is -0.473 e. The number of halogens is 5. The zero-order chi connectivity index (χ0) is 29.4. The van der Waals surface area contributed by atoms with Crippen molar-refractivity contribution in [3.63, 3.8) is 0 Å². The summed E-state index contributed by atoms with van der Waals surface area (Å²) in [5, 5.41) is 8.90. The summed E-state index contributed by atoms with van der Waals surface area (Å²) in [7, 11) is 0. The van der Waals surface area contributed by atoms with Crippen LogP contribution >= 0.6 is 0 Å². The van der Waals surface area contributed by atoms with Crippen LogP contribution < -0.4 is 4.74 Å². The summed E-state index contributed by atoms with van der Waals surface area (Å²) in [4.78, 5) is 8.78. The molecular formula is C32H23F5N4O. The lowest BCUT2D eigenvalue weighted by Crippen LogP contribution is -2.21. The first-order valence-electron chi connectivity index (χ1n) is 13.3. The number of aromatic nitrogens is 3. The molecule has 3 aromatic carbocycles. The summed E-state index contributed by atoms with van der Waals surface area (Å²) in [5.41, 5.74) is 0.881. The number of nitrogens with zero attached hydrogens (tertiary/aromatic N) is 4. The molecule has 0 unspecified atom stereocenters. The van der Waals surface area contributed by atoms with Gasteiger partial charge in [0.2, 0.25) is 12.3 Å². The number of hydrogen-bond donors (Lipinski definition) is 0. The maximum absolute atomic E-state index is 15.4. The lowest BCUT2D eigenvalue weighted by Gasteiger charge is -2.18. The lowest BCUT2D eigenvalue weighted by molar-refractivity contribution is 0.0514. The molecule has 0 aliphatic heterocycles.